The van der Waals surface area contributed by atoms with Crippen LogP contribution in [0.5, 0.6) is 17.2 Å². The fraction of sp³-hybridized carbons (Fsp3) is 0.346. The Hall–Kier alpha value is -3.25. The van der Waals surface area contributed by atoms with Gasteiger partial charge in [-0.15, -0.1) is 0 Å². The molecular weight excluding hydrogens is 404 g/mol. The third-order valence-corrected chi connectivity index (χ3v) is 6.65. The topological polar surface area (TPSA) is 68.0 Å². The van der Waals surface area contributed by atoms with Gasteiger partial charge in [0.2, 0.25) is 5.78 Å². The number of ether oxygens (including phenoxy) is 2. The number of methoxy groups -OCH3 is 1. The van der Waals surface area contributed by atoms with E-state index in [0.29, 0.717) is 23.4 Å². The Kier molecular flexibility index (Phi) is 5.39. The summed E-state index contributed by atoms with van der Waals surface area (Å²) < 4.78 is 13.5. The molecule has 166 valence electrons. The Morgan fingerprint density at radius 3 is 2.69 bits per heavy atom. The number of Topliss-reactive ketones (excluding diaryl/α,β-unsaturated/α-hetero) is 1. The fourth-order valence-electron chi connectivity index (χ4n) is 4.90. The summed E-state index contributed by atoms with van der Waals surface area (Å²) in [6.07, 6.45) is 8.59. The van der Waals surface area contributed by atoms with Crippen LogP contribution in [0.1, 0.15) is 47.2 Å². The summed E-state index contributed by atoms with van der Waals surface area (Å²) in [7, 11) is 3.60. The van der Waals surface area contributed by atoms with Crippen molar-refractivity contribution in [2.45, 2.75) is 32.2 Å². The smallest absolute Gasteiger partial charge is 0.231 e. The molecule has 6 heteroatoms. The Bertz CT molecular complexity index is 1220. The van der Waals surface area contributed by atoms with Gasteiger partial charge in [0.25, 0.3) is 0 Å². The third-order valence-electron chi connectivity index (χ3n) is 6.65. The van der Waals surface area contributed by atoms with Gasteiger partial charge in [-0.3, -0.25) is 4.79 Å². The van der Waals surface area contributed by atoms with Crippen LogP contribution in [0.4, 0.5) is 0 Å². The molecule has 0 saturated carbocycles. The first-order valence-electron chi connectivity index (χ1n) is 11.3. The molecule has 1 N–H and O–H groups in total. The normalized spacial score (nSPS) is 18.1. The highest BCUT2D eigenvalue weighted by Gasteiger charge is 2.31. The number of fused-ring (bicyclic) bond motifs is 2. The van der Waals surface area contributed by atoms with Crippen molar-refractivity contribution in [3.05, 3.63) is 59.0 Å². The summed E-state index contributed by atoms with van der Waals surface area (Å²) in [5.74, 6) is 1.23. The van der Waals surface area contributed by atoms with Crippen LogP contribution in [0.15, 0.2) is 42.3 Å². The number of aromatic nitrogens is 1. The lowest BCUT2D eigenvalue weighted by atomic mass is 10.0. The quantitative estimate of drug-likeness (QED) is 0.644. The van der Waals surface area contributed by atoms with Gasteiger partial charge >= 0.3 is 0 Å². The molecule has 32 heavy (non-hydrogen) atoms. The first kappa shape index (κ1) is 20.6. The van der Waals surface area contributed by atoms with E-state index < -0.39 is 0 Å². The first-order chi connectivity index (χ1) is 15.5. The number of carbonyl (C=O) groups excluding carboxylic acids is 1. The number of rotatable bonds is 4. The molecule has 2 aromatic carbocycles. The Morgan fingerprint density at radius 2 is 1.94 bits per heavy atom. The van der Waals surface area contributed by atoms with E-state index in [1.807, 2.05) is 36.0 Å². The van der Waals surface area contributed by atoms with Crippen LogP contribution in [-0.4, -0.2) is 30.5 Å². The van der Waals surface area contributed by atoms with Gasteiger partial charge in [-0.2, -0.15) is 0 Å². The third kappa shape index (κ3) is 3.65. The molecule has 0 aliphatic carbocycles. The van der Waals surface area contributed by atoms with Crippen LogP contribution in [0, 0.1) is 0 Å². The van der Waals surface area contributed by atoms with E-state index in [-0.39, 0.29) is 17.3 Å². The van der Waals surface area contributed by atoms with E-state index >= 15 is 0 Å². The molecule has 0 atom stereocenters. The molecule has 3 heterocycles. The van der Waals surface area contributed by atoms with Crippen molar-refractivity contribution in [1.82, 2.24) is 4.57 Å². The number of nitrogens with zero attached hydrogens (tertiary/aromatic N) is 1. The SMILES string of the molecule is COc1ccc2c(c1)c(/C=C1/Oc3c(ccc([O-])c3C[NH+]3CCCCCC3)C1=O)cn2C. The predicted molar refractivity (Wildman–Crippen MR) is 121 cm³/mol. The van der Waals surface area contributed by atoms with E-state index in [9.17, 15) is 9.90 Å². The van der Waals surface area contributed by atoms with Gasteiger partial charge in [0, 0.05) is 35.3 Å². The minimum atomic E-state index is -0.174. The van der Waals surface area contributed by atoms with E-state index in [2.05, 4.69) is 0 Å². The maximum atomic E-state index is 13.1. The Balaban J connectivity index is 1.50. The second kappa shape index (κ2) is 8.36. The van der Waals surface area contributed by atoms with Crippen molar-refractivity contribution in [3.8, 4) is 17.2 Å². The number of likely N-dealkylation sites (tertiary alicyclic amines) is 1. The Labute approximate surface area is 187 Å². The second-order valence-corrected chi connectivity index (χ2v) is 8.78. The van der Waals surface area contributed by atoms with Crippen LogP contribution in [0.3, 0.4) is 0 Å². The first-order valence-corrected chi connectivity index (χ1v) is 11.3. The lowest BCUT2D eigenvalue weighted by molar-refractivity contribution is -0.913. The van der Waals surface area contributed by atoms with Crippen molar-refractivity contribution in [3.63, 3.8) is 0 Å². The molecule has 1 aromatic heterocycles. The van der Waals surface area contributed by atoms with E-state index in [4.69, 9.17) is 9.47 Å². The standard InChI is InChI=1S/C26H28N2O4/c1-27-15-17(20-14-18(31-2)7-9-22(20)27)13-24-25(30)19-8-10-23(29)21(26(19)32-24)16-28-11-5-3-4-6-12-28/h7-10,13-15,29H,3-6,11-12,16H2,1-2H3/b24-13+. The number of benzene rings is 2. The van der Waals surface area contributed by atoms with Crippen LogP contribution in [-0.2, 0) is 13.6 Å². The van der Waals surface area contributed by atoms with Gasteiger partial charge in [-0.1, -0.05) is 11.8 Å². The molecule has 5 rings (SSSR count). The highest BCUT2D eigenvalue weighted by atomic mass is 16.5. The second-order valence-electron chi connectivity index (χ2n) is 8.78. The average Bonchev–Trinajstić information content (AvgIpc) is 3.13. The van der Waals surface area contributed by atoms with E-state index in [0.717, 1.165) is 35.3 Å². The minimum absolute atomic E-state index is 0.0514. The molecule has 1 fully saturated rings. The lowest BCUT2D eigenvalue weighted by Crippen LogP contribution is -3.10. The number of quaternary nitrogens is 1. The van der Waals surface area contributed by atoms with Crippen LogP contribution in [0.25, 0.3) is 17.0 Å². The predicted octanol–water partition coefficient (Wildman–Crippen LogP) is 2.84. The molecule has 0 bridgehead atoms. The van der Waals surface area contributed by atoms with Gasteiger partial charge < -0.3 is 24.0 Å². The summed E-state index contributed by atoms with van der Waals surface area (Å²) in [5.41, 5.74) is 3.01. The Morgan fingerprint density at radius 1 is 1.16 bits per heavy atom. The molecule has 0 amide bonds. The fourth-order valence-corrected chi connectivity index (χ4v) is 4.90. The zero-order chi connectivity index (χ0) is 22.2. The van der Waals surface area contributed by atoms with Gasteiger partial charge in [0.1, 0.15) is 18.0 Å². The highest BCUT2D eigenvalue weighted by molar-refractivity contribution is 6.15. The summed E-state index contributed by atoms with van der Waals surface area (Å²) in [4.78, 5) is 14.5. The van der Waals surface area contributed by atoms with Crippen molar-refractivity contribution in [2.24, 2.45) is 7.05 Å². The average molecular weight is 433 g/mol. The van der Waals surface area contributed by atoms with Crippen LogP contribution in [0.2, 0.25) is 0 Å². The highest BCUT2D eigenvalue weighted by Crippen LogP contribution is 2.39. The molecule has 2 aliphatic rings. The number of aryl methyl sites for hydroxylation is 1. The van der Waals surface area contributed by atoms with Gasteiger partial charge in [0.05, 0.1) is 25.8 Å². The summed E-state index contributed by atoms with van der Waals surface area (Å²) in [5, 5.41) is 13.7. The minimum Gasteiger partial charge on any atom is -0.872 e. The molecule has 6 nitrogen and oxygen atoms in total. The summed E-state index contributed by atoms with van der Waals surface area (Å²) >= 11 is 0. The summed E-state index contributed by atoms with van der Waals surface area (Å²) in [6, 6.07) is 8.98. The monoisotopic (exact) mass is 432 g/mol. The zero-order valence-electron chi connectivity index (χ0n) is 18.6. The molecule has 0 spiro atoms. The molecule has 0 unspecified atom stereocenters. The lowest BCUT2D eigenvalue weighted by Gasteiger charge is -2.22. The van der Waals surface area contributed by atoms with Crippen LogP contribution >= 0.6 is 0 Å². The maximum Gasteiger partial charge on any atom is 0.231 e. The van der Waals surface area contributed by atoms with E-state index in [1.54, 1.807) is 19.3 Å². The largest absolute Gasteiger partial charge is 0.872 e. The number of nitrogens with one attached hydrogen (secondary N) is 1. The molecule has 3 aromatic rings. The molecule has 1 saturated heterocycles. The van der Waals surface area contributed by atoms with Crippen molar-refractivity contribution in [2.75, 3.05) is 20.2 Å². The molecule has 0 radical (unpaired) electrons. The number of hydrogen-bond acceptors (Lipinski definition) is 4. The number of carbonyl (C=O) groups is 1. The van der Waals surface area contributed by atoms with Crippen molar-refractivity contribution >= 4 is 22.8 Å². The van der Waals surface area contributed by atoms with Crippen LogP contribution < -0.4 is 19.5 Å². The number of allylic oxidation sites excluding steroid dienone is 1. The number of ketones is 1. The summed E-state index contributed by atoms with van der Waals surface area (Å²) in [6.45, 7) is 2.71. The van der Waals surface area contributed by atoms with Crippen molar-refractivity contribution < 1.29 is 24.3 Å². The number of hydrogen-bond donors (Lipinski definition) is 1. The molecule has 2 aliphatic heterocycles. The van der Waals surface area contributed by atoms with Gasteiger partial charge in [0.15, 0.2) is 5.76 Å². The van der Waals surface area contributed by atoms with Gasteiger partial charge in [-0.25, -0.2) is 0 Å². The van der Waals surface area contributed by atoms with Gasteiger partial charge in [-0.05, 0) is 56.0 Å². The maximum absolute atomic E-state index is 13.1. The van der Waals surface area contributed by atoms with Crippen molar-refractivity contribution in [1.29, 1.82) is 0 Å². The van der Waals surface area contributed by atoms with E-state index in [1.165, 1.54) is 36.6 Å². The molecular formula is C26H28N2O4. The zero-order valence-corrected chi connectivity index (χ0v) is 18.6.